The molecule has 5 heteroatoms. The van der Waals surface area contributed by atoms with Crippen LogP contribution in [0.5, 0.6) is 0 Å². The van der Waals surface area contributed by atoms with E-state index >= 15 is 0 Å². The average molecular weight is 246 g/mol. The van der Waals surface area contributed by atoms with Crippen molar-refractivity contribution in [2.75, 3.05) is 5.32 Å². The van der Waals surface area contributed by atoms with Gasteiger partial charge in [-0.25, -0.2) is 4.39 Å². The minimum atomic E-state index is -0.526. The molecular formula is C11H13ClFNO2. The maximum absolute atomic E-state index is 12.9. The van der Waals surface area contributed by atoms with Gasteiger partial charge in [0.1, 0.15) is 5.82 Å². The van der Waals surface area contributed by atoms with E-state index in [-0.39, 0.29) is 17.4 Å². The summed E-state index contributed by atoms with van der Waals surface area (Å²) in [5, 5.41) is 11.7. The van der Waals surface area contributed by atoms with Crippen LogP contribution in [-0.4, -0.2) is 17.1 Å². The molecule has 16 heavy (non-hydrogen) atoms. The van der Waals surface area contributed by atoms with E-state index in [1.54, 1.807) is 6.92 Å². The molecule has 0 aliphatic carbocycles. The Kier molecular flexibility index (Phi) is 4.71. The monoisotopic (exact) mass is 245 g/mol. The minimum absolute atomic E-state index is 0.186. The molecule has 1 aromatic rings. The van der Waals surface area contributed by atoms with Gasteiger partial charge in [-0.05, 0) is 31.5 Å². The predicted octanol–water partition coefficient (Wildman–Crippen LogP) is 2.58. The second-order valence-electron chi connectivity index (χ2n) is 3.59. The van der Waals surface area contributed by atoms with Crippen molar-refractivity contribution < 1.29 is 14.3 Å². The fourth-order valence-electron chi connectivity index (χ4n) is 1.19. The quantitative estimate of drug-likeness (QED) is 0.857. The zero-order valence-corrected chi connectivity index (χ0v) is 9.59. The maximum atomic E-state index is 12.9. The third-order valence-electron chi connectivity index (χ3n) is 1.94. The Morgan fingerprint density at radius 1 is 1.56 bits per heavy atom. The lowest BCUT2D eigenvalue weighted by molar-refractivity contribution is -0.116. The number of aliphatic hydroxyl groups excluding tert-OH is 1. The van der Waals surface area contributed by atoms with Gasteiger partial charge in [-0.15, -0.1) is 0 Å². The third kappa shape index (κ3) is 4.59. The molecule has 0 heterocycles. The number of anilines is 1. The minimum Gasteiger partial charge on any atom is -0.393 e. The van der Waals surface area contributed by atoms with Crippen molar-refractivity contribution in [1.29, 1.82) is 0 Å². The lowest BCUT2D eigenvalue weighted by Gasteiger charge is -2.07. The van der Waals surface area contributed by atoms with E-state index in [4.69, 9.17) is 16.7 Å². The largest absolute Gasteiger partial charge is 0.393 e. The van der Waals surface area contributed by atoms with Crippen molar-refractivity contribution in [3.8, 4) is 0 Å². The van der Waals surface area contributed by atoms with Gasteiger partial charge in [-0.2, -0.15) is 0 Å². The van der Waals surface area contributed by atoms with Gasteiger partial charge in [0.05, 0.1) is 6.10 Å². The van der Waals surface area contributed by atoms with Crippen LogP contribution in [0, 0.1) is 5.82 Å². The highest BCUT2D eigenvalue weighted by molar-refractivity contribution is 6.30. The number of amides is 1. The number of carbonyl (C=O) groups excluding carboxylic acids is 1. The second-order valence-corrected chi connectivity index (χ2v) is 4.03. The molecule has 0 saturated heterocycles. The lowest BCUT2D eigenvalue weighted by Crippen LogP contribution is -2.14. The molecule has 88 valence electrons. The molecule has 0 saturated carbocycles. The molecule has 2 N–H and O–H groups in total. The highest BCUT2D eigenvalue weighted by Crippen LogP contribution is 2.18. The van der Waals surface area contributed by atoms with Gasteiger partial charge in [-0.1, -0.05) is 11.6 Å². The molecule has 0 aliphatic heterocycles. The molecule has 1 atom stereocenters. The van der Waals surface area contributed by atoms with Crippen LogP contribution in [0.3, 0.4) is 0 Å². The molecule has 1 rings (SSSR count). The van der Waals surface area contributed by atoms with E-state index < -0.39 is 11.9 Å². The molecule has 1 unspecified atom stereocenters. The van der Waals surface area contributed by atoms with E-state index in [9.17, 15) is 9.18 Å². The number of aliphatic hydroxyl groups is 1. The highest BCUT2D eigenvalue weighted by atomic mass is 35.5. The summed E-state index contributed by atoms with van der Waals surface area (Å²) in [5.74, 6) is -0.777. The van der Waals surface area contributed by atoms with Gasteiger partial charge >= 0.3 is 0 Å². The van der Waals surface area contributed by atoms with E-state index in [0.717, 1.165) is 6.07 Å². The SMILES string of the molecule is CC(O)CCC(=O)Nc1cc(F)cc(Cl)c1. The van der Waals surface area contributed by atoms with Crippen molar-refractivity contribution in [3.05, 3.63) is 29.0 Å². The summed E-state index contributed by atoms with van der Waals surface area (Å²) < 4.78 is 12.9. The first-order valence-electron chi connectivity index (χ1n) is 4.91. The topological polar surface area (TPSA) is 49.3 Å². The molecule has 0 fully saturated rings. The van der Waals surface area contributed by atoms with Gasteiger partial charge in [0.2, 0.25) is 5.91 Å². The number of nitrogens with one attached hydrogen (secondary N) is 1. The summed E-state index contributed by atoms with van der Waals surface area (Å²) in [7, 11) is 0. The summed E-state index contributed by atoms with van der Waals surface area (Å²) in [4.78, 5) is 11.4. The summed E-state index contributed by atoms with van der Waals surface area (Å²) >= 11 is 5.63. The zero-order chi connectivity index (χ0) is 12.1. The fourth-order valence-corrected chi connectivity index (χ4v) is 1.41. The Hall–Kier alpha value is -1.13. The summed E-state index contributed by atoms with van der Waals surface area (Å²) in [6.07, 6.45) is 0.0302. The van der Waals surface area contributed by atoms with Crippen LogP contribution in [0.4, 0.5) is 10.1 Å². The molecule has 0 spiro atoms. The maximum Gasteiger partial charge on any atom is 0.224 e. The standard InChI is InChI=1S/C11H13ClFNO2/c1-7(15)2-3-11(16)14-10-5-8(12)4-9(13)6-10/h4-7,15H,2-3H2,1H3,(H,14,16). The molecular weight excluding hydrogens is 233 g/mol. The fraction of sp³-hybridized carbons (Fsp3) is 0.364. The van der Waals surface area contributed by atoms with E-state index in [1.807, 2.05) is 0 Å². The van der Waals surface area contributed by atoms with Gasteiger partial charge in [0.25, 0.3) is 0 Å². The number of hydrogen-bond donors (Lipinski definition) is 2. The van der Waals surface area contributed by atoms with E-state index in [0.29, 0.717) is 12.1 Å². The lowest BCUT2D eigenvalue weighted by atomic mass is 10.2. The van der Waals surface area contributed by atoms with Crippen molar-refractivity contribution in [2.24, 2.45) is 0 Å². The predicted molar refractivity (Wildman–Crippen MR) is 61.0 cm³/mol. The Balaban J connectivity index is 2.56. The van der Waals surface area contributed by atoms with Gasteiger partial charge in [0.15, 0.2) is 0 Å². The Bertz CT molecular complexity index is 362. The number of hydrogen-bond acceptors (Lipinski definition) is 2. The van der Waals surface area contributed by atoms with Gasteiger partial charge in [-0.3, -0.25) is 4.79 Å². The van der Waals surface area contributed by atoms with Crippen molar-refractivity contribution in [2.45, 2.75) is 25.9 Å². The Morgan fingerprint density at radius 3 is 2.81 bits per heavy atom. The molecule has 3 nitrogen and oxygen atoms in total. The van der Waals surface area contributed by atoms with Crippen LogP contribution in [0.25, 0.3) is 0 Å². The van der Waals surface area contributed by atoms with Crippen LogP contribution in [0.1, 0.15) is 19.8 Å². The van der Waals surface area contributed by atoms with E-state index in [1.165, 1.54) is 12.1 Å². The molecule has 0 radical (unpaired) electrons. The first-order valence-corrected chi connectivity index (χ1v) is 5.29. The molecule has 1 aromatic carbocycles. The Morgan fingerprint density at radius 2 is 2.25 bits per heavy atom. The Labute approximate surface area is 98.2 Å². The van der Waals surface area contributed by atoms with Crippen molar-refractivity contribution >= 4 is 23.2 Å². The first-order chi connectivity index (χ1) is 7.47. The van der Waals surface area contributed by atoms with Crippen molar-refractivity contribution in [3.63, 3.8) is 0 Å². The van der Waals surface area contributed by atoms with Crippen LogP contribution in [0.2, 0.25) is 5.02 Å². The molecule has 0 aromatic heterocycles. The zero-order valence-electron chi connectivity index (χ0n) is 8.84. The number of halogens is 2. The van der Waals surface area contributed by atoms with Crippen LogP contribution < -0.4 is 5.32 Å². The van der Waals surface area contributed by atoms with E-state index in [2.05, 4.69) is 5.32 Å². The third-order valence-corrected chi connectivity index (χ3v) is 2.15. The smallest absolute Gasteiger partial charge is 0.224 e. The molecule has 0 aliphatic rings. The first kappa shape index (κ1) is 12.9. The normalized spacial score (nSPS) is 12.2. The summed E-state index contributed by atoms with van der Waals surface area (Å²) in [5.41, 5.74) is 0.320. The number of carbonyl (C=O) groups is 1. The van der Waals surface area contributed by atoms with Crippen molar-refractivity contribution in [1.82, 2.24) is 0 Å². The van der Waals surface area contributed by atoms with Crippen LogP contribution in [0.15, 0.2) is 18.2 Å². The van der Waals surface area contributed by atoms with Crippen LogP contribution >= 0.6 is 11.6 Å². The summed E-state index contributed by atoms with van der Waals surface area (Å²) in [6, 6.07) is 3.81. The summed E-state index contributed by atoms with van der Waals surface area (Å²) in [6.45, 7) is 1.60. The van der Waals surface area contributed by atoms with Gasteiger partial charge in [0, 0.05) is 17.1 Å². The number of benzene rings is 1. The second kappa shape index (κ2) is 5.82. The van der Waals surface area contributed by atoms with Crippen LogP contribution in [-0.2, 0) is 4.79 Å². The number of rotatable bonds is 4. The van der Waals surface area contributed by atoms with Gasteiger partial charge < -0.3 is 10.4 Å². The molecule has 0 bridgehead atoms. The molecule has 1 amide bonds. The highest BCUT2D eigenvalue weighted by Gasteiger charge is 2.06. The average Bonchev–Trinajstić information content (AvgIpc) is 2.12.